The second-order valence-electron chi connectivity index (χ2n) is 3.29. The number of hydrogen-bond donors (Lipinski definition) is 0. The minimum absolute atomic E-state index is 0.596. The Morgan fingerprint density at radius 1 is 1.25 bits per heavy atom. The van der Waals surface area contributed by atoms with E-state index < -0.39 is 0 Å². The Morgan fingerprint density at radius 3 is 2.92 bits per heavy atom. The molecule has 12 heavy (non-hydrogen) atoms. The van der Waals surface area contributed by atoms with E-state index in [1.807, 2.05) is 0 Å². The van der Waals surface area contributed by atoms with E-state index in [0.29, 0.717) is 5.92 Å². The average molecular weight is 157 g/mol. The molecule has 0 saturated heterocycles. The summed E-state index contributed by atoms with van der Waals surface area (Å²) < 4.78 is 0. The summed E-state index contributed by atoms with van der Waals surface area (Å²) in [6.07, 6.45) is 11.7. The minimum atomic E-state index is 0.596. The summed E-state index contributed by atoms with van der Waals surface area (Å²) in [7, 11) is 0. The van der Waals surface area contributed by atoms with Crippen molar-refractivity contribution in [2.45, 2.75) is 19.3 Å². The quantitative estimate of drug-likeness (QED) is 0.496. The monoisotopic (exact) mass is 157 g/mol. The molecule has 0 saturated carbocycles. The van der Waals surface area contributed by atoms with Gasteiger partial charge in [-0.2, -0.15) is 5.26 Å². The summed E-state index contributed by atoms with van der Waals surface area (Å²) in [5.74, 6) is 0.596. The van der Waals surface area contributed by atoms with Gasteiger partial charge in [-0.15, -0.1) is 0 Å². The molecule has 1 atom stereocenters. The van der Waals surface area contributed by atoms with Crippen LogP contribution in [-0.4, -0.2) is 0 Å². The lowest BCUT2D eigenvalue weighted by Crippen LogP contribution is -1.96. The molecule has 2 aliphatic carbocycles. The maximum atomic E-state index is 8.89. The molecule has 2 rings (SSSR count). The number of fused-ring (bicyclic) bond motifs is 1. The second kappa shape index (κ2) is 2.98. The second-order valence-corrected chi connectivity index (χ2v) is 3.29. The van der Waals surface area contributed by atoms with Gasteiger partial charge in [0.25, 0.3) is 0 Å². The van der Waals surface area contributed by atoms with Crippen molar-refractivity contribution >= 4 is 0 Å². The molecule has 2 aliphatic rings. The van der Waals surface area contributed by atoms with Crippen LogP contribution in [0.15, 0.2) is 35.5 Å². The molecule has 1 nitrogen and oxygen atoms in total. The summed E-state index contributed by atoms with van der Waals surface area (Å²) in [5.41, 5.74) is 2.24. The topological polar surface area (TPSA) is 23.8 Å². The Morgan fingerprint density at radius 2 is 2.08 bits per heavy atom. The summed E-state index contributed by atoms with van der Waals surface area (Å²) in [6.45, 7) is 0. The predicted molar refractivity (Wildman–Crippen MR) is 48.3 cm³/mol. The molecule has 0 radical (unpaired) electrons. The van der Waals surface area contributed by atoms with Crippen LogP contribution in [0.5, 0.6) is 0 Å². The van der Waals surface area contributed by atoms with E-state index in [1.54, 1.807) is 0 Å². The molecular weight excluding hydrogens is 146 g/mol. The van der Waals surface area contributed by atoms with Gasteiger partial charge < -0.3 is 0 Å². The van der Waals surface area contributed by atoms with Crippen molar-refractivity contribution in [1.82, 2.24) is 0 Å². The van der Waals surface area contributed by atoms with Crippen molar-refractivity contribution in [3.63, 3.8) is 0 Å². The van der Waals surface area contributed by atoms with Crippen LogP contribution < -0.4 is 0 Å². The zero-order chi connectivity index (χ0) is 8.39. The fourth-order valence-electron chi connectivity index (χ4n) is 1.88. The van der Waals surface area contributed by atoms with E-state index in [9.17, 15) is 0 Å². The normalized spacial score (nSPS) is 26.8. The lowest BCUT2D eigenvalue weighted by Gasteiger charge is -2.07. The van der Waals surface area contributed by atoms with E-state index in [2.05, 4.69) is 30.4 Å². The van der Waals surface area contributed by atoms with Gasteiger partial charge in [-0.05, 0) is 24.3 Å². The summed E-state index contributed by atoms with van der Waals surface area (Å²) in [5, 5.41) is 8.89. The third-order valence-electron chi connectivity index (χ3n) is 2.55. The highest BCUT2D eigenvalue weighted by Gasteiger charge is 2.19. The summed E-state index contributed by atoms with van der Waals surface area (Å²) in [4.78, 5) is 0. The van der Waals surface area contributed by atoms with Crippen LogP contribution in [0.4, 0.5) is 0 Å². The van der Waals surface area contributed by atoms with Crippen molar-refractivity contribution in [3.8, 4) is 6.07 Å². The number of hydrogen-bond acceptors (Lipinski definition) is 1. The van der Waals surface area contributed by atoms with Crippen LogP contribution in [0.2, 0.25) is 0 Å². The third kappa shape index (κ3) is 1.10. The number of allylic oxidation sites excluding steroid dienone is 6. The molecular formula is C11H11N. The van der Waals surface area contributed by atoms with E-state index in [1.165, 1.54) is 5.57 Å². The number of nitriles is 1. The molecule has 0 aromatic rings. The first-order valence-electron chi connectivity index (χ1n) is 4.36. The van der Waals surface area contributed by atoms with Gasteiger partial charge in [0.15, 0.2) is 0 Å². The molecule has 0 N–H and O–H groups in total. The van der Waals surface area contributed by atoms with Crippen molar-refractivity contribution in [2.24, 2.45) is 5.92 Å². The predicted octanol–water partition coefficient (Wildman–Crippen LogP) is 2.73. The fourth-order valence-corrected chi connectivity index (χ4v) is 1.88. The first-order chi connectivity index (χ1) is 5.92. The van der Waals surface area contributed by atoms with Gasteiger partial charge in [0.2, 0.25) is 0 Å². The largest absolute Gasteiger partial charge is 0.193 e. The third-order valence-corrected chi connectivity index (χ3v) is 2.55. The highest BCUT2D eigenvalue weighted by atomic mass is 14.3. The standard InChI is InChI=1S/C11H11N/c12-8-10-5-2-1-4-9-6-3-7-11(9)10/h1-3,7,9H,4-6H2. The highest BCUT2D eigenvalue weighted by molar-refractivity contribution is 5.42. The van der Waals surface area contributed by atoms with Crippen molar-refractivity contribution in [2.75, 3.05) is 0 Å². The van der Waals surface area contributed by atoms with Crippen LogP contribution in [0, 0.1) is 17.2 Å². The maximum absolute atomic E-state index is 8.89. The average Bonchev–Trinajstić information content (AvgIpc) is 2.46. The van der Waals surface area contributed by atoms with Gasteiger partial charge in [-0.1, -0.05) is 24.3 Å². The van der Waals surface area contributed by atoms with Gasteiger partial charge in [0, 0.05) is 12.0 Å². The smallest absolute Gasteiger partial charge is 0.0953 e. The molecule has 0 aromatic carbocycles. The van der Waals surface area contributed by atoms with Crippen LogP contribution in [0.1, 0.15) is 19.3 Å². The van der Waals surface area contributed by atoms with Crippen LogP contribution in [-0.2, 0) is 0 Å². The van der Waals surface area contributed by atoms with E-state index in [0.717, 1.165) is 24.8 Å². The summed E-state index contributed by atoms with van der Waals surface area (Å²) >= 11 is 0. The molecule has 1 heteroatoms. The molecule has 0 fully saturated rings. The van der Waals surface area contributed by atoms with Gasteiger partial charge in [-0.3, -0.25) is 0 Å². The highest BCUT2D eigenvalue weighted by Crippen LogP contribution is 2.33. The maximum Gasteiger partial charge on any atom is 0.0953 e. The van der Waals surface area contributed by atoms with Crippen LogP contribution in [0.3, 0.4) is 0 Å². The Labute approximate surface area is 72.7 Å². The van der Waals surface area contributed by atoms with E-state index in [-0.39, 0.29) is 0 Å². The molecule has 0 aliphatic heterocycles. The van der Waals surface area contributed by atoms with Gasteiger partial charge in [0.05, 0.1) is 6.07 Å². The molecule has 0 aromatic heterocycles. The van der Waals surface area contributed by atoms with Gasteiger partial charge in [-0.25, -0.2) is 0 Å². The van der Waals surface area contributed by atoms with Crippen LogP contribution >= 0.6 is 0 Å². The zero-order valence-corrected chi connectivity index (χ0v) is 6.96. The summed E-state index contributed by atoms with van der Waals surface area (Å²) in [6, 6.07) is 2.29. The Balaban J connectivity index is 2.40. The lowest BCUT2D eigenvalue weighted by atomic mass is 9.95. The van der Waals surface area contributed by atoms with Gasteiger partial charge in [0.1, 0.15) is 0 Å². The Bertz CT molecular complexity index is 312. The van der Waals surface area contributed by atoms with Crippen molar-refractivity contribution in [1.29, 1.82) is 5.26 Å². The molecule has 0 amide bonds. The number of nitrogens with zero attached hydrogens (tertiary/aromatic N) is 1. The Kier molecular flexibility index (Phi) is 1.83. The number of rotatable bonds is 0. The first kappa shape index (κ1) is 7.36. The molecule has 0 heterocycles. The molecule has 0 bridgehead atoms. The van der Waals surface area contributed by atoms with E-state index >= 15 is 0 Å². The first-order valence-corrected chi connectivity index (χ1v) is 4.36. The fraction of sp³-hybridized carbons (Fsp3) is 0.364. The lowest BCUT2D eigenvalue weighted by molar-refractivity contribution is 0.672. The van der Waals surface area contributed by atoms with E-state index in [4.69, 9.17) is 5.26 Å². The molecule has 0 spiro atoms. The van der Waals surface area contributed by atoms with Crippen LogP contribution in [0.25, 0.3) is 0 Å². The minimum Gasteiger partial charge on any atom is -0.193 e. The SMILES string of the molecule is N#CC1=C2C=CCC2CC=CC1. The van der Waals surface area contributed by atoms with Crippen molar-refractivity contribution in [3.05, 3.63) is 35.5 Å². The van der Waals surface area contributed by atoms with Crippen molar-refractivity contribution < 1.29 is 0 Å². The molecule has 60 valence electrons. The van der Waals surface area contributed by atoms with Gasteiger partial charge >= 0.3 is 0 Å². The Hall–Kier alpha value is -1.29. The zero-order valence-electron chi connectivity index (χ0n) is 6.96. The molecule has 1 unspecified atom stereocenters.